The van der Waals surface area contributed by atoms with E-state index in [-0.39, 0.29) is 19.4 Å². The number of carboxylic acid groups (broad SMARTS) is 1. The van der Waals surface area contributed by atoms with Crippen molar-refractivity contribution in [1.29, 1.82) is 0 Å². The summed E-state index contributed by atoms with van der Waals surface area (Å²) in [4.78, 5) is 34.9. The van der Waals surface area contributed by atoms with Gasteiger partial charge in [0.05, 0.1) is 24.2 Å². The lowest BCUT2D eigenvalue weighted by Crippen LogP contribution is -2.35. The molecule has 0 fully saturated rings. The number of benzene rings is 2. The third-order valence-corrected chi connectivity index (χ3v) is 4.22. The van der Waals surface area contributed by atoms with E-state index in [2.05, 4.69) is 31.8 Å². The molecule has 2 amide bonds. The van der Waals surface area contributed by atoms with Crippen LogP contribution in [0.25, 0.3) is 0 Å². The van der Waals surface area contributed by atoms with Crippen LogP contribution in [0.4, 0.5) is 0 Å². The predicted molar refractivity (Wildman–Crippen MR) is 104 cm³/mol. The van der Waals surface area contributed by atoms with Crippen molar-refractivity contribution in [1.82, 2.24) is 10.7 Å². The summed E-state index contributed by atoms with van der Waals surface area (Å²) in [5, 5.41) is 15.4. The number of aliphatic carboxylic acids is 1. The van der Waals surface area contributed by atoms with Gasteiger partial charge in [-0.05, 0) is 33.6 Å². The van der Waals surface area contributed by atoms with E-state index < -0.39 is 17.8 Å². The fraction of sp³-hybridized carbons (Fsp3) is 0.158. The van der Waals surface area contributed by atoms with E-state index in [1.807, 2.05) is 6.07 Å². The van der Waals surface area contributed by atoms with Gasteiger partial charge in [0.1, 0.15) is 0 Å². The molecule has 3 N–H and O–H groups in total. The first kappa shape index (κ1) is 20.3. The number of nitrogens with zero attached hydrogens (tertiary/aromatic N) is 1. The molecule has 0 aliphatic rings. The third-order valence-electron chi connectivity index (χ3n) is 3.53. The Bertz CT molecular complexity index is 853. The van der Waals surface area contributed by atoms with Crippen LogP contribution in [0.3, 0.4) is 0 Å². The highest BCUT2D eigenvalue weighted by molar-refractivity contribution is 9.10. The number of nitrogens with one attached hydrogen (secondary N) is 2. The molecule has 2 rings (SSSR count). The number of carbonyl (C=O) groups excluding carboxylic acids is 2. The van der Waals surface area contributed by atoms with Gasteiger partial charge in [0, 0.05) is 10.9 Å². The van der Waals surface area contributed by atoms with Crippen molar-refractivity contribution in [2.75, 3.05) is 6.54 Å². The van der Waals surface area contributed by atoms with Crippen molar-refractivity contribution in [2.45, 2.75) is 12.8 Å². The van der Waals surface area contributed by atoms with Crippen LogP contribution in [0, 0.1) is 0 Å². The predicted octanol–water partition coefficient (Wildman–Crippen LogP) is 2.56. The molecule has 0 aromatic heterocycles. The molecular formula is C19H18BrN3O4. The number of carboxylic acids is 1. The lowest BCUT2D eigenvalue weighted by atomic mass is 10.1. The van der Waals surface area contributed by atoms with Crippen molar-refractivity contribution in [3.63, 3.8) is 0 Å². The van der Waals surface area contributed by atoms with E-state index in [0.717, 1.165) is 5.56 Å². The summed E-state index contributed by atoms with van der Waals surface area (Å²) in [7, 11) is 0. The molecule has 27 heavy (non-hydrogen) atoms. The van der Waals surface area contributed by atoms with Gasteiger partial charge in [0.25, 0.3) is 11.8 Å². The van der Waals surface area contributed by atoms with Gasteiger partial charge in [-0.3, -0.25) is 14.4 Å². The minimum absolute atomic E-state index is 0.109. The summed E-state index contributed by atoms with van der Waals surface area (Å²) in [6.45, 7) is -0.259. The van der Waals surface area contributed by atoms with Crippen molar-refractivity contribution in [3.8, 4) is 0 Å². The van der Waals surface area contributed by atoms with Crippen LogP contribution in [-0.4, -0.2) is 35.1 Å². The molecular weight excluding hydrogens is 414 g/mol. The van der Waals surface area contributed by atoms with Gasteiger partial charge in [-0.2, -0.15) is 5.10 Å². The van der Waals surface area contributed by atoms with Crippen LogP contribution in [0.15, 0.2) is 64.2 Å². The molecule has 2 aromatic carbocycles. The average molecular weight is 432 g/mol. The van der Waals surface area contributed by atoms with Crippen LogP contribution in [0.2, 0.25) is 0 Å². The first-order valence-electron chi connectivity index (χ1n) is 8.12. The Morgan fingerprint density at radius 3 is 2.30 bits per heavy atom. The molecule has 7 nitrogen and oxygen atoms in total. The van der Waals surface area contributed by atoms with E-state index >= 15 is 0 Å². The molecule has 0 spiro atoms. The van der Waals surface area contributed by atoms with Gasteiger partial charge < -0.3 is 10.4 Å². The summed E-state index contributed by atoms with van der Waals surface area (Å²) < 4.78 is 0.626. The van der Waals surface area contributed by atoms with Crippen LogP contribution in [-0.2, 0) is 9.59 Å². The van der Waals surface area contributed by atoms with Gasteiger partial charge in [-0.1, -0.05) is 42.5 Å². The van der Waals surface area contributed by atoms with Crippen molar-refractivity contribution in [2.24, 2.45) is 5.10 Å². The fourth-order valence-corrected chi connectivity index (χ4v) is 2.66. The number of hydrogen-bond donors (Lipinski definition) is 3. The summed E-state index contributed by atoms with van der Waals surface area (Å²) in [6, 6.07) is 15.8. The van der Waals surface area contributed by atoms with Gasteiger partial charge in [-0.15, -0.1) is 0 Å². The lowest BCUT2D eigenvalue weighted by molar-refractivity contribution is -0.136. The number of carbonyl (C=O) groups is 3. The molecule has 2 aromatic rings. The third kappa shape index (κ3) is 6.67. The Hall–Kier alpha value is -3.00. The molecule has 8 heteroatoms. The Morgan fingerprint density at radius 2 is 1.63 bits per heavy atom. The van der Waals surface area contributed by atoms with Gasteiger partial charge in [0.15, 0.2) is 0 Å². The summed E-state index contributed by atoms with van der Waals surface area (Å²) in [5.74, 6) is -1.86. The van der Waals surface area contributed by atoms with E-state index in [4.69, 9.17) is 5.11 Å². The Balaban J connectivity index is 1.96. The zero-order chi connectivity index (χ0) is 19.6. The molecule has 0 bridgehead atoms. The normalized spacial score (nSPS) is 10.9. The highest BCUT2D eigenvalue weighted by Crippen LogP contribution is 2.15. The zero-order valence-electron chi connectivity index (χ0n) is 14.3. The molecule has 0 saturated heterocycles. The number of hydrazone groups is 1. The van der Waals surface area contributed by atoms with Crippen molar-refractivity contribution >= 4 is 39.4 Å². The maximum atomic E-state index is 12.1. The second-order valence-electron chi connectivity index (χ2n) is 5.52. The highest BCUT2D eigenvalue weighted by atomic mass is 79.9. The smallest absolute Gasteiger partial charge is 0.303 e. The molecule has 0 heterocycles. The van der Waals surface area contributed by atoms with Gasteiger partial charge in [0.2, 0.25) is 0 Å². The van der Waals surface area contributed by atoms with E-state index in [9.17, 15) is 14.4 Å². The second kappa shape index (κ2) is 10.2. The monoisotopic (exact) mass is 431 g/mol. The van der Waals surface area contributed by atoms with Crippen LogP contribution in [0.1, 0.15) is 28.8 Å². The second-order valence-corrected chi connectivity index (χ2v) is 6.37. The van der Waals surface area contributed by atoms with Crippen LogP contribution in [0.5, 0.6) is 0 Å². The topological polar surface area (TPSA) is 108 Å². The maximum absolute atomic E-state index is 12.1. The molecule has 0 aliphatic heterocycles. The number of hydrogen-bond acceptors (Lipinski definition) is 4. The SMILES string of the molecule is O=C(O)CC/C(=N\NC(=O)CNC(=O)c1ccccc1Br)c1ccccc1. The summed E-state index contributed by atoms with van der Waals surface area (Å²) in [5.41, 5.74) is 3.94. The van der Waals surface area contributed by atoms with Crippen LogP contribution >= 0.6 is 15.9 Å². The van der Waals surface area contributed by atoms with E-state index in [1.165, 1.54) is 0 Å². The largest absolute Gasteiger partial charge is 0.481 e. The minimum atomic E-state index is -0.953. The number of rotatable bonds is 8. The molecule has 0 saturated carbocycles. The Kier molecular flexibility index (Phi) is 7.69. The molecule has 0 unspecified atom stereocenters. The van der Waals surface area contributed by atoms with Crippen LogP contribution < -0.4 is 10.7 Å². The zero-order valence-corrected chi connectivity index (χ0v) is 15.9. The minimum Gasteiger partial charge on any atom is -0.481 e. The van der Waals surface area contributed by atoms with Gasteiger partial charge >= 0.3 is 5.97 Å². The molecule has 0 radical (unpaired) electrons. The Morgan fingerprint density at radius 1 is 0.963 bits per heavy atom. The summed E-state index contributed by atoms with van der Waals surface area (Å²) >= 11 is 3.28. The standard InChI is InChI=1S/C19H18BrN3O4/c20-15-9-5-4-8-14(15)19(27)21-12-17(24)23-22-16(10-11-18(25)26)13-6-2-1-3-7-13/h1-9H,10-12H2,(H,21,27)(H,23,24)(H,25,26)/b22-16+. The Labute approximate surface area is 164 Å². The molecule has 0 aliphatic carbocycles. The highest BCUT2D eigenvalue weighted by Gasteiger charge is 2.11. The first-order chi connectivity index (χ1) is 13.0. The molecule has 0 atom stereocenters. The van der Waals surface area contributed by atoms with E-state index in [1.54, 1.807) is 48.5 Å². The van der Waals surface area contributed by atoms with Crippen molar-refractivity contribution in [3.05, 3.63) is 70.2 Å². The van der Waals surface area contributed by atoms with Crippen molar-refractivity contribution < 1.29 is 19.5 Å². The number of halogens is 1. The van der Waals surface area contributed by atoms with E-state index in [0.29, 0.717) is 15.7 Å². The average Bonchev–Trinajstić information content (AvgIpc) is 2.67. The fourth-order valence-electron chi connectivity index (χ4n) is 2.19. The first-order valence-corrected chi connectivity index (χ1v) is 8.92. The maximum Gasteiger partial charge on any atom is 0.303 e. The molecule has 140 valence electrons. The number of amides is 2. The van der Waals surface area contributed by atoms with Gasteiger partial charge in [-0.25, -0.2) is 5.43 Å². The quantitative estimate of drug-likeness (QED) is 0.440. The lowest BCUT2D eigenvalue weighted by Gasteiger charge is -2.08. The summed E-state index contributed by atoms with van der Waals surface area (Å²) in [6.07, 6.45) is 0.0608.